The maximum Gasteiger partial charge on any atom is 0.303 e. The number of Topliss-reactive ketones (excluding diaryl/α,β-unsaturated/α-hetero) is 2. The number of carbonyl (C=O) groups is 3. The number of fused-ring (bicyclic) bond motifs is 2. The Balaban J connectivity index is 1.98. The molecule has 150 valence electrons. The molecule has 4 rings (SSSR count). The van der Waals surface area contributed by atoms with Gasteiger partial charge < -0.3 is 14.9 Å². The Hall–Kier alpha value is -2.05. The smallest absolute Gasteiger partial charge is 0.303 e. The van der Waals surface area contributed by atoms with E-state index in [1.165, 1.54) is 6.92 Å². The molecule has 7 unspecified atom stereocenters. The molecule has 2 N–H and O–H groups in total. The molecule has 0 heterocycles. The van der Waals surface area contributed by atoms with Gasteiger partial charge in [0.25, 0.3) is 0 Å². The van der Waals surface area contributed by atoms with Crippen LogP contribution in [0, 0.1) is 22.7 Å². The minimum Gasteiger partial charge on any atom is -0.455 e. The van der Waals surface area contributed by atoms with Gasteiger partial charge in [-0.2, -0.15) is 0 Å². The van der Waals surface area contributed by atoms with Gasteiger partial charge in [-0.25, -0.2) is 0 Å². The van der Waals surface area contributed by atoms with E-state index in [2.05, 4.69) is 13.2 Å². The minimum atomic E-state index is -1.40. The maximum absolute atomic E-state index is 13.5. The molecule has 4 aliphatic rings. The summed E-state index contributed by atoms with van der Waals surface area (Å²) in [5.41, 5.74) is -0.399. The number of hydrogen-bond acceptors (Lipinski definition) is 6. The van der Waals surface area contributed by atoms with Crippen LogP contribution in [0.3, 0.4) is 0 Å². The van der Waals surface area contributed by atoms with Gasteiger partial charge >= 0.3 is 5.97 Å². The monoisotopic (exact) mass is 386 g/mol. The van der Waals surface area contributed by atoms with Gasteiger partial charge in [0.15, 0.2) is 17.7 Å². The topological polar surface area (TPSA) is 101 Å². The van der Waals surface area contributed by atoms with E-state index in [0.717, 1.165) is 5.57 Å². The Morgan fingerprint density at radius 1 is 1.25 bits per heavy atom. The van der Waals surface area contributed by atoms with Crippen LogP contribution in [0.1, 0.15) is 40.0 Å². The van der Waals surface area contributed by atoms with Crippen molar-refractivity contribution >= 4 is 17.5 Å². The highest BCUT2D eigenvalue weighted by molar-refractivity contribution is 6.19. The Morgan fingerprint density at radius 3 is 2.39 bits per heavy atom. The van der Waals surface area contributed by atoms with Gasteiger partial charge in [0.2, 0.25) is 0 Å². The summed E-state index contributed by atoms with van der Waals surface area (Å²) in [5.74, 6) is -2.27. The van der Waals surface area contributed by atoms with Crippen molar-refractivity contribution in [1.29, 1.82) is 0 Å². The Kier molecular flexibility index (Phi) is 3.95. The van der Waals surface area contributed by atoms with Gasteiger partial charge in [0, 0.05) is 29.4 Å². The maximum atomic E-state index is 13.5. The van der Waals surface area contributed by atoms with Crippen molar-refractivity contribution in [3.8, 4) is 0 Å². The minimum absolute atomic E-state index is 0.0708. The van der Waals surface area contributed by atoms with Crippen LogP contribution in [-0.2, 0) is 19.1 Å². The molecule has 6 nitrogen and oxygen atoms in total. The molecule has 0 aromatic carbocycles. The number of esters is 1. The number of hydrogen-bond donors (Lipinski definition) is 2. The van der Waals surface area contributed by atoms with E-state index in [1.807, 2.05) is 13.8 Å². The van der Waals surface area contributed by atoms with Crippen molar-refractivity contribution in [3.05, 3.63) is 35.5 Å². The summed E-state index contributed by atoms with van der Waals surface area (Å²) in [7, 11) is 0. The third-order valence-electron chi connectivity index (χ3n) is 7.54. The number of carbonyl (C=O) groups excluding carboxylic acids is 3. The van der Waals surface area contributed by atoms with E-state index in [-0.39, 0.29) is 22.8 Å². The average molecular weight is 386 g/mol. The van der Waals surface area contributed by atoms with E-state index in [0.29, 0.717) is 24.8 Å². The van der Waals surface area contributed by atoms with Gasteiger partial charge in [0.1, 0.15) is 12.2 Å². The number of aliphatic hydroxyl groups excluding tert-OH is 2. The van der Waals surface area contributed by atoms with Crippen LogP contribution in [0.15, 0.2) is 35.5 Å². The van der Waals surface area contributed by atoms with Gasteiger partial charge in [-0.15, -0.1) is 0 Å². The van der Waals surface area contributed by atoms with Gasteiger partial charge in [-0.1, -0.05) is 32.6 Å². The molecule has 0 amide bonds. The van der Waals surface area contributed by atoms with Gasteiger partial charge in [-0.05, 0) is 30.8 Å². The first-order valence-corrected chi connectivity index (χ1v) is 9.72. The third kappa shape index (κ3) is 2.13. The van der Waals surface area contributed by atoms with Crippen LogP contribution >= 0.6 is 0 Å². The Bertz CT molecular complexity index is 881. The van der Waals surface area contributed by atoms with E-state index in [9.17, 15) is 24.6 Å². The van der Waals surface area contributed by atoms with Crippen molar-refractivity contribution in [1.82, 2.24) is 0 Å². The summed E-state index contributed by atoms with van der Waals surface area (Å²) in [4.78, 5) is 38.6. The SMILES string of the molecule is C=C1CCC2(C)C3=C(C(=O)C4(CC4C)C(O)C3=O)C(OC(C)=O)C(O)C2C1=C. The standard InChI is InChI=1S/C22H26O6/c1-9-6-7-21(5)14(11(9)3)16(24)18(28-12(4)23)13-15(21)17(25)20(27)22(19(13)26)8-10(22)2/h10,14,16,18,20,24,27H,1,3,6-8H2,2,4-5H3. The van der Waals surface area contributed by atoms with Crippen LogP contribution in [0.5, 0.6) is 0 Å². The molecule has 0 aliphatic heterocycles. The molecule has 0 saturated heterocycles. The molecule has 0 bridgehead atoms. The summed E-state index contributed by atoms with van der Waals surface area (Å²) in [5, 5.41) is 22.0. The molecule has 2 saturated carbocycles. The van der Waals surface area contributed by atoms with Crippen LogP contribution in [0.2, 0.25) is 0 Å². The largest absolute Gasteiger partial charge is 0.455 e. The fourth-order valence-corrected chi connectivity index (χ4v) is 5.85. The zero-order valence-corrected chi connectivity index (χ0v) is 16.4. The average Bonchev–Trinajstić information content (AvgIpc) is 3.29. The summed E-state index contributed by atoms with van der Waals surface area (Å²) in [6.07, 6.45) is -2.39. The van der Waals surface area contributed by atoms with Crippen molar-refractivity contribution in [3.63, 3.8) is 0 Å². The van der Waals surface area contributed by atoms with Crippen molar-refractivity contribution in [2.45, 2.75) is 58.3 Å². The summed E-state index contributed by atoms with van der Waals surface area (Å²) < 4.78 is 5.39. The summed E-state index contributed by atoms with van der Waals surface area (Å²) in [6, 6.07) is 0. The normalized spacial score (nSPS) is 45.1. The van der Waals surface area contributed by atoms with E-state index in [4.69, 9.17) is 4.74 Å². The van der Waals surface area contributed by atoms with Crippen molar-refractivity contribution in [2.24, 2.45) is 22.7 Å². The lowest BCUT2D eigenvalue weighted by atomic mass is 9.50. The second-order valence-corrected chi connectivity index (χ2v) is 9.07. The Morgan fingerprint density at radius 2 is 1.86 bits per heavy atom. The molecule has 7 atom stereocenters. The number of allylic oxidation sites excluding steroid dienone is 1. The van der Waals surface area contributed by atoms with Crippen molar-refractivity contribution in [2.75, 3.05) is 0 Å². The van der Waals surface area contributed by atoms with Crippen LogP contribution in [0.4, 0.5) is 0 Å². The quantitative estimate of drug-likeness (QED) is 0.665. The van der Waals surface area contributed by atoms with E-state index < -0.39 is 46.8 Å². The summed E-state index contributed by atoms with van der Waals surface area (Å²) in [6.45, 7) is 12.9. The molecule has 2 fully saturated rings. The molecule has 0 radical (unpaired) electrons. The second-order valence-electron chi connectivity index (χ2n) is 9.07. The Labute approximate surface area is 163 Å². The number of ether oxygens (including phenoxy) is 1. The number of aliphatic hydroxyl groups is 2. The fraction of sp³-hybridized carbons (Fsp3) is 0.591. The molecule has 0 aromatic heterocycles. The molecule has 6 heteroatoms. The van der Waals surface area contributed by atoms with Crippen LogP contribution in [0.25, 0.3) is 0 Å². The number of rotatable bonds is 1. The molecule has 4 aliphatic carbocycles. The molecule has 1 spiro atoms. The van der Waals surface area contributed by atoms with Gasteiger partial charge in [-0.3, -0.25) is 14.4 Å². The zero-order chi connectivity index (χ0) is 20.8. The number of ketones is 2. The zero-order valence-electron chi connectivity index (χ0n) is 16.4. The van der Waals surface area contributed by atoms with Crippen LogP contribution < -0.4 is 0 Å². The molecule has 0 aromatic rings. The highest BCUT2D eigenvalue weighted by atomic mass is 16.6. The second kappa shape index (κ2) is 5.74. The fourth-order valence-electron chi connectivity index (χ4n) is 5.85. The first-order valence-electron chi connectivity index (χ1n) is 9.72. The van der Waals surface area contributed by atoms with Crippen LogP contribution in [-0.4, -0.2) is 46.1 Å². The predicted molar refractivity (Wildman–Crippen MR) is 99.9 cm³/mol. The lowest BCUT2D eigenvalue weighted by Crippen LogP contribution is -2.60. The third-order valence-corrected chi connectivity index (χ3v) is 7.54. The molecule has 28 heavy (non-hydrogen) atoms. The van der Waals surface area contributed by atoms with Gasteiger partial charge in [0.05, 0.1) is 5.41 Å². The predicted octanol–water partition coefficient (Wildman–Crippen LogP) is 1.66. The van der Waals surface area contributed by atoms with E-state index in [1.54, 1.807) is 0 Å². The highest BCUT2D eigenvalue weighted by Crippen LogP contribution is 2.65. The first-order chi connectivity index (χ1) is 13.0. The molecular formula is C22H26O6. The van der Waals surface area contributed by atoms with E-state index >= 15 is 0 Å². The molecular weight excluding hydrogens is 360 g/mol. The first kappa shape index (κ1) is 19.3. The summed E-state index contributed by atoms with van der Waals surface area (Å²) >= 11 is 0. The lowest BCUT2D eigenvalue weighted by Gasteiger charge is -2.54. The highest BCUT2D eigenvalue weighted by Gasteiger charge is 2.71. The lowest BCUT2D eigenvalue weighted by molar-refractivity contribution is -0.159. The van der Waals surface area contributed by atoms with Crippen molar-refractivity contribution < 1.29 is 29.3 Å².